The maximum Gasteiger partial charge on any atom is 0.289 e. The Balaban J connectivity index is 2.08. The molecule has 1 saturated heterocycles. The van der Waals surface area contributed by atoms with Crippen LogP contribution in [0.25, 0.3) is 0 Å². The Morgan fingerprint density at radius 2 is 2.29 bits per heavy atom. The number of piperidine rings is 1. The van der Waals surface area contributed by atoms with Crippen molar-refractivity contribution in [3.05, 3.63) is 23.7 Å². The highest BCUT2D eigenvalue weighted by molar-refractivity contribution is 5.93. The molecule has 2 rings (SSSR count). The van der Waals surface area contributed by atoms with Crippen LogP contribution in [0.5, 0.6) is 0 Å². The molecule has 1 aromatic rings. The van der Waals surface area contributed by atoms with Gasteiger partial charge in [0.2, 0.25) is 0 Å². The summed E-state index contributed by atoms with van der Waals surface area (Å²) < 4.78 is 5.32. The van der Waals surface area contributed by atoms with Gasteiger partial charge >= 0.3 is 0 Å². The zero-order chi connectivity index (χ0) is 12.4. The molecule has 92 valence electrons. The average Bonchev–Trinajstić information content (AvgIpc) is 2.75. The molecule has 0 aliphatic carbocycles. The summed E-state index contributed by atoms with van der Waals surface area (Å²) in [6, 6.07) is 3.47. The highest BCUT2D eigenvalue weighted by Crippen LogP contribution is 2.19. The first kappa shape index (κ1) is 11.9. The largest absolute Gasteiger partial charge is 0.456 e. The summed E-state index contributed by atoms with van der Waals surface area (Å²) in [7, 11) is 0. The van der Waals surface area contributed by atoms with E-state index in [1.54, 1.807) is 17.0 Å². The lowest BCUT2D eigenvalue weighted by molar-refractivity contribution is -0.125. The highest BCUT2D eigenvalue weighted by atomic mass is 16.3. The monoisotopic (exact) mass is 235 g/mol. The Morgan fingerprint density at radius 1 is 1.53 bits per heavy atom. The van der Waals surface area contributed by atoms with E-state index >= 15 is 0 Å². The first-order valence-corrected chi connectivity index (χ1v) is 6.00. The van der Waals surface area contributed by atoms with E-state index in [1.165, 1.54) is 0 Å². The third kappa shape index (κ3) is 2.40. The number of rotatable bonds is 2. The van der Waals surface area contributed by atoms with Gasteiger partial charge in [-0.25, -0.2) is 0 Å². The zero-order valence-corrected chi connectivity index (χ0v) is 10.2. The lowest BCUT2D eigenvalue weighted by atomic mass is 9.94. The number of hydrogen-bond donors (Lipinski definition) is 0. The van der Waals surface area contributed by atoms with Gasteiger partial charge in [-0.15, -0.1) is 0 Å². The van der Waals surface area contributed by atoms with Crippen molar-refractivity contribution in [3.8, 4) is 0 Å². The predicted molar refractivity (Wildman–Crippen MR) is 62.8 cm³/mol. The van der Waals surface area contributed by atoms with E-state index in [2.05, 4.69) is 0 Å². The maximum absolute atomic E-state index is 12.1. The molecule has 0 aromatic carbocycles. The Bertz CT molecular complexity index is 436. The van der Waals surface area contributed by atoms with Crippen LogP contribution in [0.3, 0.4) is 0 Å². The number of likely N-dealkylation sites (tertiary alicyclic amines) is 1. The van der Waals surface area contributed by atoms with Crippen LogP contribution in [-0.4, -0.2) is 29.7 Å². The molecule has 0 spiro atoms. The number of hydrogen-bond acceptors (Lipinski definition) is 3. The number of Topliss-reactive ketones (excluding diaryl/α,β-unsaturated/α-hetero) is 1. The van der Waals surface area contributed by atoms with Crippen molar-refractivity contribution in [2.45, 2.75) is 26.7 Å². The lowest BCUT2D eigenvalue weighted by Gasteiger charge is -2.30. The van der Waals surface area contributed by atoms with Crippen LogP contribution in [0.2, 0.25) is 0 Å². The van der Waals surface area contributed by atoms with Gasteiger partial charge < -0.3 is 9.32 Å². The first-order valence-electron chi connectivity index (χ1n) is 6.00. The second-order valence-corrected chi connectivity index (χ2v) is 4.48. The van der Waals surface area contributed by atoms with Gasteiger partial charge in [0.15, 0.2) is 5.76 Å². The van der Waals surface area contributed by atoms with Gasteiger partial charge in [-0.1, -0.05) is 6.92 Å². The van der Waals surface area contributed by atoms with Crippen molar-refractivity contribution < 1.29 is 14.0 Å². The van der Waals surface area contributed by atoms with Crippen LogP contribution in [0.15, 0.2) is 16.5 Å². The summed E-state index contributed by atoms with van der Waals surface area (Å²) in [6.45, 7) is 4.82. The fourth-order valence-electron chi connectivity index (χ4n) is 2.15. The second-order valence-electron chi connectivity index (χ2n) is 4.48. The molecule has 2 heterocycles. The van der Waals surface area contributed by atoms with Gasteiger partial charge in [0.05, 0.1) is 0 Å². The Morgan fingerprint density at radius 3 is 2.88 bits per heavy atom. The Kier molecular flexibility index (Phi) is 3.31. The molecular weight excluding hydrogens is 218 g/mol. The summed E-state index contributed by atoms with van der Waals surface area (Å²) in [5.41, 5.74) is 0. The van der Waals surface area contributed by atoms with E-state index in [0.29, 0.717) is 25.3 Å². The molecular formula is C13H17NO3. The van der Waals surface area contributed by atoms with E-state index in [-0.39, 0.29) is 17.6 Å². The number of ketones is 1. The molecule has 0 bridgehead atoms. The third-order valence-corrected chi connectivity index (χ3v) is 3.26. The summed E-state index contributed by atoms with van der Waals surface area (Å²) in [4.78, 5) is 25.4. The van der Waals surface area contributed by atoms with Crippen molar-refractivity contribution in [3.63, 3.8) is 0 Å². The van der Waals surface area contributed by atoms with Gasteiger partial charge in [-0.2, -0.15) is 0 Å². The van der Waals surface area contributed by atoms with E-state index in [1.807, 2.05) is 13.8 Å². The number of carbonyl (C=O) groups is 2. The van der Waals surface area contributed by atoms with Crippen molar-refractivity contribution >= 4 is 11.7 Å². The Hall–Kier alpha value is -1.58. The summed E-state index contributed by atoms with van der Waals surface area (Å²) in [5.74, 6) is 1.25. The summed E-state index contributed by atoms with van der Waals surface area (Å²) in [5, 5.41) is 0. The molecule has 1 aliphatic heterocycles. The van der Waals surface area contributed by atoms with Crippen LogP contribution >= 0.6 is 0 Å². The fourth-order valence-corrected chi connectivity index (χ4v) is 2.15. The molecule has 1 fully saturated rings. The molecule has 0 N–H and O–H groups in total. The molecule has 1 aromatic heterocycles. The van der Waals surface area contributed by atoms with Gasteiger partial charge in [0.25, 0.3) is 5.91 Å². The van der Waals surface area contributed by atoms with Crippen LogP contribution in [0, 0.1) is 12.8 Å². The number of furan rings is 1. The minimum absolute atomic E-state index is 0.0104. The summed E-state index contributed by atoms with van der Waals surface area (Å²) >= 11 is 0. The molecule has 0 radical (unpaired) electrons. The topological polar surface area (TPSA) is 50.5 Å². The standard InChI is InChI=1S/C13H17NO3/c1-3-10-8-14(7-6-11(10)15)13(16)12-5-4-9(2)17-12/h4-5,10H,3,6-8H2,1-2H3. The van der Waals surface area contributed by atoms with E-state index in [4.69, 9.17) is 4.42 Å². The van der Waals surface area contributed by atoms with Crippen LogP contribution < -0.4 is 0 Å². The molecule has 4 heteroatoms. The number of nitrogens with zero attached hydrogens (tertiary/aromatic N) is 1. The zero-order valence-electron chi connectivity index (χ0n) is 10.2. The number of amides is 1. The van der Waals surface area contributed by atoms with E-state index in [9.17, 15) is 9.59 Å². The van der Waals surface area contributed by atoms with Gasteiger partial charge in [-0.05, 0) is 25.5 Å². The van der Waals surface area contributed by atoms with Crippen molar-refractivity contribution in [1.29, 1.82) is 0 Å². The smallest absolute Gasteiger partial charge is 0.289 e. The van der Waals surface area contributed by atoms with E-state index in [0.717, 1.165) is 12.2 Å². The van der Waals surface area contributed by atoms with Crippen molar-refractivity contribution in [2.24, 2.45) is 5.92 Å². The molecule has 1 amide bonds. The third-order valence-electron chi connectivity index (χ3n) is 3.26. The molecule has 1 atom stereocenters. The summed E-state index contributed by atoms with van der Waals surface area (Å²) in [6.07, 6.45) is 1.25. The number of carbonyl (C=O) groups excluding carboxylic acids is 2. The quantitative estimate of drug-likeness (QED) is 0.788. The van der Waals surface area contributed by atoms with Crippen molar-refractivity contribution in [1.82, 2.24) is 4.90 Å². The highest BCUT2D eigenvalue weighted by Gasteiger charge is 2.30. The van der Waals surface area contributed by atoms with E-state index < -0.39 is 0 Å². The van der Waals surface area contributed by atoms with Crippen LogP contribution in [0.4, 0.5) is 0 Å². The molecule has 0 saturated carbocycles. The minimum atomic E-state index is -0.107. The van der Waals surface area contributed by atoms with Crippen molar-refractivity contribution in [2.75, 3.05) is 13.1 Å². The lowest BCUT2D eigenvalue weighted by Crippen LogP contribution is -2.43. The first-order chi connectivity index (χ1) is 8.11. The van der Waals surface area contributed by atoms with Crippen LogP contribution in [-0.2, 0) is 4.79 Å². The maximum atomic E-state index is 12.1. The fraction of sp³-hybridized carbons (Fsp3) is 0.538. The minimum Gasteiger partial charge on any atom is -0.456 e. The predicted octanol–water partition coefficient (Wildman–Crippen LogP) is 2.03. The second kappa shape index (κ2) is 4.73. The molecule has 1 unspecified atom stereocenters. The SMILES string of the molecule is CCC1CN(C(=O)c2ccc(C)o2)CCC1=O. The van der Waals surface area contributed by atoms with Gasteiger partial charge in [0, 0.05) is 25.4 Å². The van der Waals surface area contributed by atoms with Gasteiger partial charge in [0.1, 0.15) is 11.5 Å². The molecule has 4 nitrogen and oxygen atoms in total. The average molecular weight is 235 g/mol. The van der Waals surface area contributed by atoms with Crippen LogP contribution in [0.1, 0.15) is 36.1 Å². The van der Waals surface area contributed by atoms with Gasteiger partial charge in [-0.3, -0.25) is 9.59 Å². The Labute approximate surface area is 101 Å². The normalized spacial score (nSPS) is 20.7. The molecule has 17 heavy (non-hydrogen) atoms. The number of aryl methyl sites for hydroxylation is 1. The molecule has 1 aliphatic rings.